The molecule has 2 unspecified atom stereocenters. The molecule has 0 aromatic rings. The fourth-order valence-electron chi connectivity index (χ4n) is 12.1. The van der Waals surface area contributed by atoms with Gasteiger partial charge < -0.3 is 20.3 Å². The van der Waals surface area contributed by atoms with Crippen molar-refractivity contribution in [3.8, 4) is 0 Å². The van der Waals surface area contributed by atoms with E-state index in [-0.39, 0.29) is 18.5 Å². The third kappa shape index (κ3) is 69.2. The SMILES string of the molecule is CCCCCCCCCCCCCCCCCCCCCCCC/C=C/C(O)C(CO)NC(=O)CCCCCCCCCCC/C=C\C/C=C\CCCCCCCCCCCOC(=O)CCCCCCCCCCCCCCCCCCCC. The molecule has 6 heteroatoms. The maximum absolute atomic E-state index is 12.5. The molecule has 3 N–H and O–H groups in total. The molecule has 0 aliphatic rings. The Morgan fingerprint density at radius 1 is 0.333 bits per heavy atom. The Morgan fingerprint density at radius 2 is 0.595 bits per heavy atom. The molecule has 2 atom stereocenters. The van der Waals surface area contributed by atoms with E-state index in [4.69, 9.17) is 4.74 Å². The molecule has 6 nitrogen and oxygen atoms in total. The molecule has 0 bridgehead atoms. The predicted octanol–water partition coefficient (Wildman–Crippen LogP) is 25.0. The van der Waals surface area contributed by atoms with Gasteiger partial charge in [-0.1, -0.05) is 384 Å². The van der Waals surface area contributed by atoms with E-state index in [2.05, 4.69) is 43.5 Å². The second-order valence-corrected chi connectivity index (χ2v) is 26.3. The number of aliphatic hydroxyl groups excluding tert-OH is 2. The largest absolute Gasteiger partial charge is 0.466 e. The molecule has 1 amide bonds. The highest BCUT2D eigenvalue weighted by Gasteiger charge is 2.18. The molecule has 0 aromatic carbocycles. The number of hydrogen-bond donors (Lipinski definition) is 3. The Labute approximate surface area is 525 Å². The third-order valence-corrected chi connectivity index (χ3v) is 17.9. The van der Waals surface area contributed by atoms with Crippen LogP contribution in [0.4, 0.5) is 0 Å². The van der Waals surface area contributed by atoms with Gasteiger partial charge in [0.15, 0.2) is 0 Å². The molecule has 0 radical (unpaired) electrons. The Bertz CT molecular complexity index is 1360. The number of ether oxygens (including phenoxy) is 1. The zero-order valence-electron chi connectivity index (χ0n) is 56.9. The molecule has 0 saturated carbocycles. The molecule has 0 fully saturated rings. The van der Waals surface area contributed by atoms with Crippen LogP contribution in [0.2, 0.25) is 0 Å². The fraction of sp³-hybridized carbons (Fsp3) is 0.897. The van der Waals surface area contributed by atoms with Crippen LogP contribution >= 0.6 is 0 Å². The monoisotopic (exact) mass is 1180 g/mol. The van der Waals surface area contributed by atoms with Crippen LogP contribution in [0.25, 0.3) is 0 Å². The highest BCUT2D eigenvalue weighted by molar-refractivity contribution is 5.76. The van der Waals surface area contributed by atoms with Crippen LogP contribution in [0.15, 0.2) is 36.5 Å². The Balaban J connectivity index is 3.44. The van der Waals surface area contributed by atoms with Gasteiger partial charge in [0.05, 0.1) is 25.4 Å². The summed E-state index contributed by atoms with van der Waals surface area (Å²) in [6, 6.07) is -0.635. The first-order chi connectivity index (χ1) is 41.5. The van der Waals surface area contributed by atoms with Crippen molar-refractivity contribution in [2.75, 3.05) is 13.2 Å². The van der Waals surface area contributed by atoms with Crippen LogP contribution in [0, 0.1) is 0 Å². The Kier molecular flexibility index (Phi) is 71.9. The van der Waals surface area contributed by atoms with Crippen LogP contribution in [0.1, 0.15) is 425 Å². The van der Waals surface area contributed by atoms with Gasteiger partial charge in [0.2, 0.25) is 5.91 Å². The normalized spacial score (nSPS) is 12.7. The number of unbranched alkanes of at least 4 members (excludes halogenated alkanes) is 57. The fourth-order valence-corrected chi connectivity index (χ4v) is 12.1. The minimum Gasteiger partial charge on any atom is -0.466 e. The molecule has 0 heterocycles. The topological polar surface area (TPSA) is 95.9 Å². The average molecular weight is 1180 g/mol. The standard InChI is InChI=1S/C78H149NO5/c1-3-5-7-9-11-13-15-17-19-21-23-24-25-29-32-35-38-42-46-50-54-58-62-66-70-76(81)75(74-80)79-77(82)71-67-63-59-55-51-47-43-39-36-33-30-27-26-28-31-34-37-41-45-49-53-57-61-65-69-73-84-78(83)72-68-64-60-56-52-48-44-40-22-20-18-16-14-12-10-8-6-4-2/h27-28,30-31,66,70,75-76,80-81H,3-26,29,32-65,67-69,71-74H2,1-2H3,(H,79,82)/b30-27-,31-28-,70-66+. The van der Waals surface area contributed by atoms with E-state index in [0.717, 1.165) is 44.9 Å². The summed E-state index contributed by atoms with van der Waals surface area (Å²) in [7, 11) is 0. The highest BCUT2D eigenvalue weighted by atomic mass is 16.5. The van der Waals surface area contributed by atoms with Gasteiger partial charge in [0.1, 0.15) is 0 Å². The molecule has 496 valence electrons. The second-order valence-electron chi connectivity index (χ2n) is 26.3. The third-order valence-electron chi connectivity index (χ3n) is 17.9. The first-order valence-electron chi connectivity index (χ1n) is 38.3. The number of amides is 1. The van der Waals surface area contributed by atoms with Crippen LogP contribution < -0.4 is 5.32 Å². The lowest BCUT2D eigenvalue weighted by Crippen LogP contribution is -2.45. The number of esters is 1. The van der Waals surface area contributed by atoms with Crippen LogP contribution in [0.5, 0.6) is 0 Å². The van der Waals surface area contributed by atoms with E-state index in [1.807, 2.05) is 6.08 Å². The number of allylic oxidation sites excluding steroid dienone is 5. The summed E-state index contributed by atoms with van der Waals surface area (Å²) in [5.74, 6) is -0.0559. The van der Waals surface area contributed by atoms with Crippen LogP contribution in [0.3, 0.4) is 0 Å². The lowest BCUT2D eigenvalue weighted by molar-refractivity contribution is -0.143. The van der Waals surface area contributed by atoms with Crippen molar-refractivity contribution >= 4 is 11.9 Å². The number of carbonyl (C=O) groups excluding carboxylic acids is 2. The Morgan fingerprint density at radius 3 is 0.905 bits per heavy atom. The molecular weight excluding hydrogens is 1030 g/mol. The summed E-state index contributed by atoms with van der Waals surface area (Å²) in [5.41, 5.74) is 0. The van der Waals surface area contributed by atoms with Crippen molar-refractivity contribution in [2.24, 2.45) is 0 Å². The second kappa shape index (κ2) is 73.5. The minimum atomic E-state index is -0.851. The Hall–Kier alpha value is -1.92. The van der Waals surface area contributed by atoms with Gasteiger partial charge in [0.25, 0.3) is 0 Å². The van der Waals surface area contributed by atoms with Gasteiger partial charge in [0, 0.05) is 12.8 Å². The molecule has 0 aliphatic carbocycles. The summed E-state index contributed by atoms with van der Waals surface area (Å²) in [6.07, 6.45) is 95.3. The number of rotatable bonds is 72. The lowest BCUT2D eigenvalue weighted by atomic mass is 10.0. The number of carbonyl (C=O) groups is 2. The van der Waals surface area contributed by atoms with Gasteiger partial charge in [-0.3, -0.25) is 9.59 Å². The molecule has 0 saturated heterocycles. The molecule has 84 heavy (non-hydrogen) atoms. The van der Waals surface area contributed by atoms with Crippen molar-refractivity contribution in [3.63, 3.8) is 0 Å². The first kappa shape index (κ1) is 82.1. The quantitative estimate of drug-likeness (QED) is 0.0320. The number of hydrogen-bond acceptors (Lipinski definition) is 5. The van der Waals surface area contributed by atoms with Crippen molar-refractivity contribution in [3.05, 3.63) is 36.5 Å². The van der Waals surface area contributed by atoms with E-state index in [0.29, 0.717) is 19.4 Å². The van der Waals surface area contributed by atoms with Gasteiger partial charge in [-0.2, -0.15) is 0 Å². The maximum atomic E-state index is 12.5. The van der Waals surface area contributed by atoms with Gasteiger partial charge in [-0.15, -0.1) is 0 Å². The van der Waals surface area contributed by atoms with E-state index < -0.39 is 12.1 Å². The summed E-state index contributed by atoms with van der Waals surface area (Å²) in [6.45, 7) is 4.95. The molecule has 0 aromatic heterocycles. The molecule has 0 aliphatic heterocycles. The van der Waals surface area contributed by atoms with Crippen molar-refractivity contribution in [1.29, 1.82) is 0 Å². The predicted molar refractivity (Wildman–Crippen MR) is 370 cm³/mol. The zero-order valence-corrected chi connectivity index (χ0v) is 56.9. The van der Waals surface area contributed by atoms with Crippen molar-refractivity contribution in [1.82, 2.24) is 5.32 Å². The smallest absolute Gasteiger partial charge is 0.305 e. The maximum Gasteiger partial charge on any atom is 0.305 e. The van der Waals surface area contributed by atoms with Gasteiger partial charge in [-0.25, -0.2) is 0 Å². The molecular formula is C78H149NO5. The molecule has 0 spiro atoms. The minimum absolute atomic E-state index is 0.0138. The van der Waals surface area contributed by atoms with Crippen molar-refractivity contribution < 1.29 is 24.5 Å². The van der Waals surface area contributed by atoms with Gasteiger partial charge >= 0.3 is 5.97 Å². The van der Waals surface area contributed by atoms with E-state index in [1.54, 1.807) is 6.08 Å². The van der Waals surface area contributed by atoms with E-state index in [1.165, 1.54) is 353 Å². The average Bonchev–Trinajstić information content (AvgIpc) is 3.53. The summed E-state index contributed by atoms with van der Waals surface area (Å²) in [4.78, 5) is 24.7. The summed E-state index contributed by atoms with van der Waals surface area (Å²) >= 11 is 0. The molecule has 0 rings (SSSR count). The van der Waals surface area contributed by atoms with E-state index >= 15 is 0 Å². The van der Waals surface area contributed by atoms with E-state index in [9.17, 15) is 19.8 Å². The number of aliphatic hydroxyl groups is 2. The van der Waals surface area contributed by atoms with Crippen LogP contribution in [-0.2, 0) is 14.3 Å². The van der Waals surface area contributed by atoms with Gasteiger partial charge in [-0.05, 0) is 64.2 Å². The van der Waals surface area contributed by atoms with Crippen LogP contribution in [-0.4, -0.2) is 47.4 Å². The lowest BCUT2D eigenvalue weighted by Gasteiger charge is -2.20. The number of nitrogens with one attached hydrogen (secondary N) is 1. The first-order valence-corrected chi connectivity index (χ1v) is 38.3. The summed E-state index contributed by atoms with van der Waals surface area (Å²) in [5, 5.41) is 23.3. The van der Waals surface area contributed by atoms with Crippen molar-refractivity contribution in [2.45, 2.75) is 437 Å². The highest BCUT2D eigenvalue weighted by Crippen LogP contribution is 2.19. The zero-order chi connectivity index (χ0) is 60.6. The summed E-state index contributed by atoms with van der Waals surface area (Å²) < 4.78 is 5.51.